The second-order valence-electron chi connectivity index (χ2n) is 5.17. The van der Waals surface area contributed by atoms with Gasteiger partial charge in [0.1, 0.15) is 5.82 Å². The van der Waals surface area contributed by atoms with Crippen LogP contribution in [0.5, 0.6) is 0 Å². The first-order valence-corrected chi connectivity index (χ1v) is 6.77. The summed E-state index contributed by atoms with van der Waals surface area (Å²) in [6, 6.07) is 4.82. The van der Waals surface area contributed by atoms with Crippen LogP contribution in [0.1, 0.15) is 24.6 Å². The molecule has 100 valence electrons. The molecule has 1 aliphatic rings. The van der Waals surface area contributed by atoms with E-state index in [0.29, 0.717) is 12.6 Å². The SMILES string of the molecule is CCC1CN(c2cc(CN)cc(C)n2)CCN1C. The van der Waals surface area contributed by atoms with Crippen molar-refractivity contribution in [2.24, 2.45) is 5.73 Å². The van der Waals surface area contributed by atoms with E-state index in [1.54, 1.807) is 0 Å². The topological polar surface area (TPSA) is 45.4 Å². The lowest BCUT2D eigenvalue weighted by Crippen LogP contribution is -2.51. The van der Waals surface area contributed by atoms with Crippen molar-refractivity contribution in [1.29, 1.82) is 0 Å². The van der Waals surface area contributed by atoms with Gasteiger partial charge in [0.25, 0.3) is 0 Å². The average molecular weight is 248 g/mol. The smallest absolute Gasteiger partial charge is 0.129 e. The van der Waals surface area contributed by atoms with E-state index in [0.717, 1.165) is 31.1 Å². The fraction of sp³-hybridized carbons (Fsp3) is 0.643. The zero-order valence-corrected chi connectivity index (χ0v) is 11.7. The normalized spacial score (nSPS) is 21.3. The monoisotopic (exact) mass is 248 g/mol. The van der Waals surface area contributed by atoms with Gasteiger partial charge in [-0.05, 0) is 38.1 Å². The number of anilines is 1. The first kappa shape index (κ1) is 13.3. The molecule has 1 fully saturated rings. The van der Waals surface area contributed by atoms with Crippen LogP contribution >= 0.6 is 0 Å². The van der Waals surface area contributed by atoms with Crippen LogP contribution in [0, 0.1) is 6.92 Å². The molecule has 1 aromatic rings. The van der Waals surface area contributed by atoms with Crippen molar-refractivity contribution < 1.29 is 0 Å². The Morgan fingerprint density at radius 2 is 2.17 bits per heavy atom. The van der Waals surface area contributed by atoms with Crippen molar-refractivity contribution in [2.45, 2.75) is 32.9 Å². The molecular weight excluding hydrogens is 224 g/mol. The van der Waals surface area contributed by atoms with E-state index in [9.17, 15) is 0 Å². The van der Waals surface area contributed by atoms with Crippen LogP contribution in [0.3, 0.4) is 0 Å². The molecule has 1 unspecified atom stereocenters. The van der Waals surface area contributed by atoms with Crippen molar-refractivity contribution in [3.05, 3.63) is 23.4 Å². The number of nitrogens with zero attached hydrogens (tertiary/aromatic N) is 3. The van der Waals surface area contributed by atoms with Crippen LogP contribution in [-0.2, 0) is 6.54 Å². The summed E-state index contributed by atoms with van der Waals surface area (Å²) in [7, 11) is 2.21. The lowest BCUT2D eigenvalue weighted by molar-refractivity contribution is 0.213. The van der Waals surface area contributed by atoms with Crippen LogP contribution in [0.15, 0.2) is 12.1 Å². The molecule has 0 aromatic carbocycles. The van der Waals surface area contributed by atoms with Gasteiger partial charge in [-0.1, -0.05) is 6.92 Å². The highest BCUT2D eigenvalue weighted by Crippen LogP contribution is 2.19. The van der Waals surface area contributed by atoms with Gasteiger partial charge < -0.3 is 10.6 Å². The summed E-state index contributed by atoms with van der Waals surface area (Å²) >= 11 is 0. The Balaban J connectivity index is 2.18. The van der Waals surface area contributed by atoms with Gasteiger partial charge in [-0.2, -0.15) is 0 Å². The highest BCUT2D eigenvalue weighted by atomic mass is 15.3. The number of hydrogen-bond acceptors (Lipinski definition) is 4. The summed E-state index contributed by atoms with van der Waals surface area (Å²) in [5.41, 5.74) is 7.96. The molecule has 4 heteroatoms. The second kappa shape index (κ2) is 5.67. The summed E-state index contributed by atoms with van der Waals surface area (Å²) in [6.07, 6.45) is 1.18. The number of nitrogens with two attached hydrogens (primary N) is 1. The standard InChI is InChI=1S/C14H24N4/c1-4-13-10-18(6-5-17(13)3)14-8-12(9-15)7-11(2)16-14/h7-8,13H,4-6,9-10,15H2,1-3H3. The number of pyridine rings is 1. The molecule has 2 rings (SSSR count). The van der Waals surface area contributed by atoms with Crippen LogP contribution < -0.4 is 10.6 Å². The molecule has 18 heavy (non-hydrogen) atoms. The molecule has 2 N–H and O–H groups in total. The van der Waals surface area contributed by atoms with Crippen molar-refractivity contribution >= 4 is 5.82 Å². The van der Waals surface area contributed by atoms with Gasteiger partial charge >= 0.3 is 0 Å². The third-order valence-corrected chi connectivity index (χ3v) is 3.81. The van der Waals surface area contributed by atoms with Crippen molar-refractivity contribution in [3.63, 3.8) is 0 Å². The third kappa shape index (κ3) is 2.82. The zero-order valence-electron chi connectivity index (χ0n) is 11.7. The summed E-state index contributed by atoms with van der Waals surface area (Å²) in [5, 5.41) is 0. The van der Waals surface area contributed by atoms with Gasteiger partial charge in [0.15, 0.2) is 0 Å². The number of hydrogen-bond donors (Lipinski definition) is 1. The summed E-state index contributed by atoms with van der Waals surface area (Å²) in [6.45, 7) is 8.09. The predicted octanol–water partition coefficient (Wildman–Crippen LogP) is 1.38. The second-order valence-corrected chi connectivity index (χ2v) is 5.17. The van der Waals surface area contributed by atoms with Gasteiger partial charge in [0, 0.05) is 37.9 Å². The Bertz CT molecular complexity index is 405. The van der Waals surface area contributed by atoms with E-state index in [-0.39, 0.29) is 0 Å². The minimum Gasteiger partial charge on any atom is -0.354 e. The number of aryl methyl sites for hydroxylation is 1. The maximum atomic E-state index is 5.74. The Morgan fingerprint density at radius 1 is 1.39 bits per heavy atom. The Labute approximate surface area is 110 Å². The molecule has 0 spiro atoms. The molecule has 1 aromatic heterocycles. The molecule has 4 nitrogen and oxygen atoms in total. The Hall–Kier alpha value is -1.13. The van der Waals surface area contributed by atoms with Crippen LogP contribution in [-0.4, -0.2) is 42.6 Å². The molecule has 2 heterocycles. The minimum atomic E-state index is 0.585. The maximum Gasteiger partial charge on any atom is 0.129 e. The summed E-state index contributed by atoms with van der Waals surface area (Å²) in [5.74, 6) is 1.09. The van der Waals surface area contributed by atoms with Gasteiger partial charge in [-0.3, -0.25) is 4.90 Å². The van der Waals surface area contributed by atoms with E-state index in [1.165, 1.54) is 12.0 Å². The van der Waals surface area contributed by atoms with Crippen molar-refractivity contribution in [3.8, 4) is 0 Å². The van der Waals surface area contributed by atoms with Gasteiger partial charge in [0.2, 0.25) is 0 Å². The van der Waals surface area contributed by atoms with E-state index >= 15 is 0 Å². The molecule has 0 saturated carbocycles. The van der Waals surface area contributed by atoms with Gasteiger partial charge in [-0.25, -0.2) is 4.98 Å². The number of rotatable bonds is 3. The fourth-order valence-electron chi connectivity index (χ4n) is 2.60. The zero-order chi connectivity index (χ0) is 13.1. The number of aromatic nitrogens is 1. The van der Waals surface area contributed by atoms with E-state index in [4.69, 9.17) is 5.73 Å². The fourth-order valence-corrected chi connectivity index (χ4v) is 2.60. The van der Waals surface area contributed by atoms with Crippen LogP contribution in [0.25, 0.3) is 0 Å². The minimum absolute atomic E-state index is 0.585. The molecule has 0 bridgehead atoms. The third-order valence-electron chi connectivity index (χ3n) is 3.81. The first-order valence-electron chi connectivity index (χ1n) is 6.77. The van der Waals surface area contributed by atoms with Crippen molar-refractivity contribution in [1.82, 2.24) is 9.88 Å². The summed E-state index contributed by atoms with van der Waals surface area (Å²) < 4.78 is 0. The van der Waals surface area contributed by atoms with E-state index < -0.39 is 0 Å². The molecule has 0 radical (unpaired) electrons. The quantitative estimate of drug-likeness (QED) is 0.878. The highest BCUT2D eigenvalue weighted by molar-refractivity contribution is 5.43. The molecule has 1 saturated heterocycles. The molecule has 1 aliphatic heterocycles. The molecule has 1 atom stereocenters. The first-order chi connectivity index (χ1) is 8.63. The molecule has 0 aliphatic carbocycles. The molecule has 0 amide bonds. The van der Waals surface area contributed by atoms with Gasteiger partial charge in [0.05, 0.1) is 0 Å². The Kier molecular flexibility index (Phi) is 4.19. The van der Waals surface area contributed by atoms with E-state index in [1.807, 2.05) is 6.92 Å². The number of likely N-dealkylation sites (N-methyl/N-ethyl adjacent to an activating group) is 1. The lowest BCUT2D eigenvalue weighted by Gasteiger charge is -2.39. The van der Waals surface area contributed by atoms with Gasteiger partial charge in [-0.15, -0.1) is 0 Å². The van der Waals surface area contributed by atoms with Crippen LogP contribution in [0.2, 0.25) is 0 Å². The van der Waals surface area contributed by atoms with E-state index in [2.05, 4.69) is 40.9 Å². The van der Waals surface area contributed by atoms with Crippen LogP contribution in [0.4, 0.5) is 5.82 Å². The lowest BCUT2D eigenvalue weighted by atomic mass is 10.1. The average Bonchev–Trinajstić information content (AvgIpc) is 2.38. The Morgan fingerprint density at radius 3 is 2.83 bits per heavy atom. The molecular formula is C14H24N4. The van der Waals surface area contributed by atoms with Crippen molar-refractivity contribution in [2.75, 3.05) is 31.6 Å². The predicted molar refractivity (Wildman–Crippen MR) is 75.8 cm³/mol. The highest BCUT2D eigenvalue weighted by Gasteiger charge is 2.23. The maximum absolute atomic E-state index is 5.74. The summed E-state index contributed by atoms with van der Waals surface area (Å²) in [4.78, 5) is 9.48. The largest absolute Gasteiger partial charge is 0.354 e. The number of piperazine rings is 1.